The number of hydrogen-bond donors (Lipinski definition) is 2. The summed E-state index contributed by atoms with van der Waals surface area (Å²) < 4.78 is 16.1. The van der Waals surface area contributed by atoms with Crippen LogP contribution in [-0.2, 0) is 9.59 Å². The molecule has 1 fully saturated rings. The Balaban J connectivity index is 1.65. The first-order valence-electron chi connectivity index (χ1n) is 9.49. The molecule has 2 aromatic rings. The summed E-state index contributed by atoms with van der Waals surface area (Å²) >= 11 is 0. The maximum absolute atomic E-state index is 12.8. The Morgan fingerprint density at radius 2 is 1.41 bits per heavy atom. The summed E-state index contributed by atoms with van der Waals surface area (Å²) in [6.45, 7) is 3.90. The number of ether oxygens (including phenoxy) is 3. The van der Waals surface area contributed by atoms with Gasteiger partial charge >= 0.3 is 0 Å². The smallest absolute Gasteiger partial charge is 0.240 e. The van der Waals surface area contributed by atoms with Gasteiger partial charge in [-0.3, -0.25) is 9.59 Å². The van der Waals surface area contributed by atoms with Crippen LogP contribution in [0.4, 0.5) is 11.4 Å². The van der Waals surface area contributed by atoms with E-state index in [2.05, 4.69) is 10.6 Å². The zero-order valence-electron chi connectivity index (χ0n) is 17.1. The molecule has 0 spiro atoms. The molecule has 2 aromatic carbocycles. The molecule has 1 aliphatic carbocycles. The van der Waals surface area contributed by atoms with Crippen LogP contribution >= 0.6 is 0 Å². The van der Waals surface area contributed by atoms with Crippen molar-refractivity contribution < 1.29 is 23.8 Å². The first-order valence-corrected chi connectivity index (χ1v) is 9.49. The summed E-state index contributed by atoms with van der Waals surface area (Å²) in [4.78, 5) is 25.6. The van der Waals surface area contributed by atoms with Gasteiger partial charge in [0.15, 0.2) is 11.5 Å². The summed E-state index contributed by atoms with van der Waals surface area (Å²) in [5.41, 5.74) is 0.110. The van der Waals surface area contributed by atoms with Crippen molar-refractivity contribution in [1.29, 1.82) is 0 Å². The number of benzene rings is 2. The van der Waals surface area contributed by atoms with Crippen molar-refractivity contribution in [3.05, 3.63) is 42.5 Å². The molecule has 2 amide bonds. The predicted octanol–water partition coefficient (Wildman–Crippen LogP) is 3.85. The second kappa shape index (κ2) is 8.43. The summed E-state index contributed by atoms with van der Waals surface area (Å²) in [6.07, 6.45) is 1.09. The number of methoxy groups -OCH3 is 2. The van der Waals surface area contributed by atoms with Gasteiger partial charge in [0.2, 0.25) is 11.8 Å². The molecule has 0 unspecified atom stereocenters. The van der Waals surface area contributed by atoms with E-state index in [1.54, 1.807) is 49.6 Å². The lowest BCUT2D eigenvalue weighted by atomic mass is 10.0. The fourth-order valence-corrected chi connectivity index (χ4v) is 2.99. The fourth-order valence-electron chi connectivity index (χ4n) is 2.99. The van der Waals surface area contributed by atoms with Crippen LogP contribution in [0.3, 0.4) is 0 Å². The number of hydrogen-bond acceptors (Lipinski definition) is 5. The average Bonchev–Trinajstić information content (AvgIpc) is 3.51. The highest BCUT2D eigenvalue weighted by atomic mass is 16.5. The minimum Gasteiger partial charge on any atom is -0.493 e. The van der Waals surface area contributed by atoms with Crippen molar-refractivity contribution in [1.82, 2.24) is 0 Å². The summed E-state index contributed by atoms with van der Waals surface area (Å²) in [6, 6.07) is 12.2. The third kappa shape index (κ3) is 4.62. The van der Waals surface area contributed by atoms with Crippen LogP contribution < -0.4 is 24.8 Å². The number of amides is 2. The van der Waals surface area contributed by atoms with Gasteiger partial charge in [-0.05, 0) is 63.1 Å². The van der Waals surface area contributed by atoms with E-state index >= 15 is 0 Å². The molecule has 0 radical (unpaired) electrons. The number of carbonyl (C=O) groups excluding carboxylic acids is 2. The predicted molar refractivity (Wildman–Crippen MR) is 111 cm³/mol. The van der Waals surface area contributed by atoms with Crippen LogP contribution in [0, 0.1) is 5.41 Å². The van der Waals surface area contributed by atoms with E-state index in [0.717, 1.165) is 5.75 Å². The third-order valence-electron chi connectivity index (χ3n) is 4.74. The van der Waals surface area contributed by atoms with Gasteiger partial charge in [-0.2, -0.15) is 0 Å². The summed E-state index contributed by atoms with van der Waals surface area (Å²) in [5.74, 6) is 1.15. The largest absolute Gasteiger partial charge is 0.493 e. The summed E-state index contributed by atoms with van der Waals surface area (Å²) in [7, 11) is 3.07. The maximum Gasteiger partial charge on any atom is 0.240 e. The van der Waals surface area contributed by atoms with Gasteiger partial charge in [-0.25, -0.2) is 0 Å². The standard InChI is InChI=1S/C22H26N2O5/c1-14(2)29-17-8-5-15(6-9-17)23-20(25)22(11-12-22)21(26)24-16-7-10-18(27-3)19(13-16)28-4/h5-10,13-14H,11-12H2,1-4H3,(H,23,25)(H,24,26). The van der Waals surface area contributed by atoms with Gasteiger partial charge < -0.3 is 24.8 Å². The van der Waals surface area contributed by atoms with Gasteiger partial charge in [0.05, 0.1) is 20.3 Å². The van der Waals surface area contributed by atoms with Crippen molar-refractivity contribution in [2.45, 2.75) is 32.8 Å². The number of nitrogens with one attached hydrogen (secondary N) is 2. The van der Waals surface area contributed by atoms with Crippen LogP contribution in [0.25, 0.3) is 0 Å². The van der Waals surface area contributed by atoms with E-state index in [1.165, 1.54) is 7.11 Å². The molecule has 0 atom stereocenters. The molecule has 154 valence electrons. The highest BCUT2D eigenvalue weighted by Crippen LogP contribution is 2.47. The molecule has 0 aliphatic heterocycles. The Morgan fingerprint density at radius 3 is 1.93 bits per heavy atom. The Hall–Kier alpha value is -3.22. The first kappa shape index (κ1) is 20.5. The second-order valence-electron chi connectivity index (χ2n) is 7.25. The molecule has 2 N–H and O–H groups in total. The van der Waals surface area contributed by atoms with Crippen molar-refractivity contribution in [3.8, 4) is 17.2 Å². The molecule has 3 rings (SSSR count). The van der Waals surface area contributed by atoms with Crippen molar-refractivity contribution >= 4 is 23.2 Å². The molecular formula is C22H26N2O5. The van der Waals surface area contributed by atoms with Gasteiger partial charge in [-0.1, -0.05) is 0 Å². The lowest BCUT2D eigenvalue weighted by Gasteiger charge is -2.17. The normalized spacial score (nSPS) is 14.1. The Morgan fingerprint density at radius 1 is 0.862 bits per heavy atom. The molecule has 29 heavy (non-hydrogen) atoms. The molecule has 7 nitrogen and oxygen atoms in total. The van der Waals surface area contributed by atoms with Crippen molar-refractivity contribution in [2.75, 3.05) is 24.9 Å². The Bertz CT molecular complexity index is 889. The lowest BCUT2D eigenvalue weighted by molar-refractivity contribution is -0.131. The van der Waals surface area contributed by atoms with Crippen molar-refractivity contribution in [2.24, 2.45) is 5.41 Å². The average molecular weight is 398 g/mol. The SMILES string of the molecule is COc1ccc(NC(=O)C2(C(=O)Nc3ccc(OC(C)C)cc3)CC2)cc1OC. The van der Waals surface area contributed by atoms with Gasteiger partial charge in [-0.15, -0.1) is 0 Å². The van der Waals surface area contributed by atoms with E-state index in [4.69, 9.17) is 14.2 Å². The van der Waals surface area contributed by atoms with E-state index in [-0.39, 0.29) is 17.9 Å². The number of carbonyl (C=O) groups is 2. The van der Waals surface area contributed by atoms with Crippen LogP contribution in [0.5, 0.6) is 17.2 Å². The third-order valence-corrected chi connectivity index (χ3v) is 4.74. The molecule has 0 heterocycles. The number of anilines is 2. The molecule has 0 saturated heterocycles. The molecule has 7 heteroatoms. The highest BCUT2D eigenvalue weighted by molar-refractivity contribution is 6.16. The Kier molecular flexibility index (Phi) is 5.96. The van der Waals surface area contributed by atoms with E-state index in [9.17, 15) is 9.59 Å². The van der Waals surface area contributed by atoms with E-state index in [1.807, 2.05) is 13.8 Å². The van der Waals surface area contributed by atoms with Crippen molar-refractivity contribution in [3.63, 3.8) is 0 Å². The Labute approximate surface area is 170 Å². The van der Waals surface area contributed by atoms with Gasteiger partial charge in [0.1, 0.15) is 11.2 Å². The first-order chi connectivity index (χ1) is 13.9. The summed E-state index contributed by atoms with van der Waals surface area (Å²) in [5, 5.41) is 5.65. The minimum absolute atomic E-state index is 0.0745. The number of rotatable bonds is 8. The lowest BCUT2D eigenvalue weighted by Crippen LogP contribution is -2.35. The van der Waals surface area contributed by atoms with Crippen LogP contribution in [0.2, 0.25) is 0 Å². The van der Waals surface area contributed by atoms with Crippen LogP contribution in [-0.4, -0.2) is 32.1 Å². The van der Waals surface area contributed by atoms with Gasteiger partial charge in [0, 0.05) is 17.4 Å². The zero-order chi connectivity index (χ0) is 21.0. The molecular weight excluding hydrogens is 372 g/mol. The van der Waals surface area contributed by atoms with Gasteiger partial charge in [0.25, 0.3) is 0 Å². The molecule has 1 aliphatic rings. The van der Waals surface area contributed by atoms with Crippen LogP contribution in [0.15, 0.2) is 42.5 Å². The topological polar surface area (TPSA) is 85.9 Å². The van der Waals surface area contributed by atoms with E-state index in [0.29, 0.717) is 35.7 Å². The molecule has 0 bridgehead atoms. The van der Waals surface area contributed by atoms with Crippen LogP contribution in [0.1, 0.15) is 26.7 Å². The second-order valence-corrected chi connectivity index (χ2v) is 7.25. The molecule has 1 saturated carbocycles. The molecule has 0 aromatic heterocycles. The quantitative estimate of drug-likeness (QED) is 0.660. The highest BCUT2D eigenvalue weighted by Gasteiger charge is 2.56. The minimum atomic E-state index is -1.06. The van der Waals surface area contributed by atoms with E-state index < -0.39 is 5.41 Å². The fraction of sp³-hybridized carbons (Fsp3) is 0.364. The maximum atomic E-state index is 12.8. The zero-order valence-corrected chi connectivity index (χ0v) is 17.1. The monoisotopic (exact) mass is 398 g/mol.